The molecule has 2 heterocycles. The molecule has 5 heteroatoms. The van der Waals surface area contributed by atoms with Crippen molar-refractivity contribution in [3.63, 3.8) is 0 Å². The van der Waals surface area contributed by atoms with Gasteiger partial charge in [0.25, 0.3) is 0 Å². The molecule has 0 amide bonds. The number of ketones is 1. The normalized spacial score (nSPS) is 18.4. The van der Waals surface area contributed by atoms with Gasteiger partial charge in [-0.1, -0.05) is 24.3 Å². The first kappa shape index (κ1) is 16.2. The number of carbonyl (C=O) groups excluding carboxylic acids is 1. The van der Waals surface area contributed by atoms with Gasteiger partial charge in [0.2, 0.25) is 0 Å². The number of anilines is 1. The summed E-state index contributed by atoms with van der Waals surface area (Å²) >= 11 is 0. The third-order valence-corrected chi connectivity index (χ3v) is 5.04. The van der Waals surface area contributed by atoms with Crippen LogP contribution in [0.15, 0.2) is 36.7 Å². The highest BCUT2D eigenvalue weighted by Gasteiger charge is 2.31. The van der Waals surface area contributed by atoms with Crippen molar-refractivity contribution in [3.8, 4) is 11.3 Å². The number of carbonyl (C=O) groups is 1. The molecule has 1 saturated carbocycles. The largest absolute Gasteiger partial charge is 0.353 e. The van der Waals surface area contributed by atoms with Crippen LogP contribution in [0.1, 0.15) is 25.3 Å². The van der Waals surface area contributed by atoms with Crippen LogP contribution in [-0.4, -0.2) is 52.9 Å². The number of benzene rings is 1. The van der Waals surface area contributed by atoms with E-state index >= 15 is 0 Å². The lowest BCUT2D eigenvalue weighted by molar-refractivity contribution is -0.116. The average molecular weight is 336 g/mol. The summed E-state index contributed by atoms with van der Waals surface area (Å²) < 4.78 is 0. The molecule has 1 aliphatic heterocycles. The van der Waals surface area contributed by atoms with Gasteiger partial charge in [-0.3, -0.25) is 14.7 Å². The maximum atomic E-state index is 11.2. The molecule has 2 fully saturated rings. The molecule has 1 aliphatic carbocycles. The fourth-order valence-corrected chi connectivity index (χ4v) is 3.47. The van der Waals surface area contributed by atoms with Gasteiger partial charge in [-0.15, -0.1) is 0 Å². The van der Waals surface area contributed by atoms with E-state index in [1.165, 1.54) is 12.8 Å². The Morgan fingerprint density at radius 3 is 2.32 bits per heavy atom. The highest BCUT2D eigenvalue weighted by Crippen LogP contribution is 2.28. The summed E-state index contributed by atoms with van der Waals surface area (Å²) in [6.45, 7) is 5.94. The SMILES string of the molecule is CC(=O)Cc1ccc(-c2cnc(N3CCN(C4CC4)CC3)cn2)cc1. The molecule has 0 N–H and O–H groups in total. The van der Waals surface area contributed by atoms with E-state index in [0.717, 1.165) is 54.9 Å². The van der Waals surface area contributed by atoms with Crippen LogP contribution < -0.4 is 4.90 Å². The molecule has 130 valence electrons. The molecule has 25 heavy (non-hydrogen) atoms. The summed E-state index contributed by atoms with van der Waals surface area (Å²) in [6, 6.07) is 8.85. The Hall–Kier alpha value is -2.27. The van der Waals surface area contributed by atoms with Crippen molar-refractivity contribution in [1.82, 2.24) is 14.9 Å². The number of hydrogen-bond donors (Lipinski definition) is 0. The zero-order valence-electron chi connectivity index (χ0n) is 14.7. The van der Waals surface area contributed by atoms with E-state index in [1.807, 2.05) is 36.7 Å². The second-order valence-electron chi connectivity index (χ2n) is 7.09. The van der Waals surface area contributed by atoms with Gasteiger partial charge < -0.3 is 4.90 Å². The first-order valence-corrected chi connectivity index (χ1v) is 9.09. The van der Waals surface area contributed by atoms with Crippen molar-refractivity contribution in [2.45, 2.75) is 32.2 Å². The zero-order valence-corrected chi connectivity index (χ0v) is 14.7. The fraction of sp³-hybridized carbons (Fsp3) is 0.450. The summed E-state index contributed by atoms with van der Waals surface area (Å²) in [5.41, 5.74) is 2.94. The van der Waals surface area contributed by atoms with Gasteiger partial charge in [-0.05, 0) is 25.3 Å². The van der Waals surface area contributed by atoms with Crippen molar-refractivity contribution < 1.29 is 4.79 Å². The maximum Gasteiger partial charge on any atom is 0.147 e. The molecule has 0 unspecified atom stereocenters. The van der Waals surface area contributed by atoms with E-state index in [-0.39, 0.29) is 5.78 Å². The van der Waals surface area contributed by atoms with Crippen LogP contribution in [0, 0.1) is 0 Å². The van der Waals surface area contributed by atoms with Gasteiger partial charge in [0.1, 0.15) is 11.6 Å². The maximum absolute atomic E-state index is 11.2. The lowest BCUT2D eigenvalue weighted by Crippen LogP contribution is -2.47. The molecule has 0 atom stereocenters. The topological polar surface area (TPSA) is 49.3 Å². The van der Waals surface area contributed by atoms with Crippen molar-refractivity contribution >= 4 is 11.6 Å². The van der Waals surface area contributed by atoms with Crippen LogP contribution in [0.2, 0.25) is 0 Å². The Bertz CT molecular complexity index is 729. The molecule has 2 aliphatic rings. The molecule has 4 rings (SSSR count). The van der Waals surface area contributed by atoms with Gasteiger partial charge >= 0.3 is 0 Å². The summed E-state index contributed by atoms with van der Waals surface area (Å²) in [5, 5.41) is 0. The van der Waals surface area contributed by atoms with Crippen LogP contribution in [0.25, 0.3) is 11.3 Å². The second-order valence-corrected chi connectivity index (χ2v) is 7.09. The number of Topliss-reactive ketones (excluding diaryl/α,β-unsaturated/α-hetero) is 1. The van der Waals surface area contributed by atoms with Crippen molar-refractivity contribution in [1.29, 1.82) is 0 Å². The summed E-state index contributed by atoms with van der Waals surface area (Å²) in [4.78, 5) is 25.3. The number of hydrogen-bond acceptors (Lipinski definition) is 5. The van der Waals surface area contributed by atoms with Crippen LogP contribution in [0.3, 0.4) is 0 Å². The van der Waals surface area contributed by atoms with Gasteiger partial charge in [0.05, 0.1) is 18.1 Å². The van der Waals surface area contributed by atoms with Crippen molar-refractivity contribution in [2.24, 2.45) is 0 Å². The number of nitrogens with zero attached hydrogens (tertiary/aromatic N) is 4. The summed E-state index contributed by atoms with van der Waals surface area (Å²) in [7, 11) is 0. The zero-order chi connectivity index (χ0) is 17.2. The van der Waals surface area contributed by atoms with Gasteiger partial charge in [-0.2, -0.15) is 0 Å². The van der Waals surface area contributed by atoms with Crippen LogP contribution in [0.4, 0.5) is 5.82 Å². The van der Waals surface area contributed by atoms with E-state index in [1.54, 1.807) is 6.92 Å². The fourth-order valence-electron chi connectivity index (χ4n) is 3.47. The lowest BCUT2D eigenvalue weighted by Gasteiger charge is -2.35. The highest BCUT2D eigenvalue weighted by atomic mass is 16.1. The molecule has 2 aromatic rings. The Morgan fingerprint density at radius 1 is 1.04 bits per heavy atom. The molecular formula is C20H24N4O. The quantitative estimate of drug-likeness (QED) is 0.840. The lowest BCUT2D eigenvalue weighted by atomic mass is 10.1. The Kier molecular flexibility index (Phi) is 4.49. The standard InChI is InChI=1S/C20H24N4O/c1-15(25)12-16-2-4-17(5-3-16)19-13-22-20(14-21-19)24-10-8-23(9-11-24)18-6-7-18/h2-5,13-14,18H,6-12H2,1H3. The highest BCUT2D eigenvalue weighted by molar-refractivity contribution is 5.78. The number of rotatable bonds is 5. The molecule has 0 radical (unpaired) electrons. The van der Waals surface area contributed by atoms with Gasteiger partial charge in [-0.25, -0.2) is 4.98 Å². The monoisotopic (exact) mass is 336 g/mol. The first-order valence-electron chi connectivity index (χ1n) is 9.09. The van der Waals surface area contributed by atoms with Crippen LogP contribution in [-0.2, 0) is 11.2 Å². The molecule has 1 aromatic carbocycles. The molecule has 0 spiro atoms. The number of aromatic nitrogens is 2. The van der Waals surface area contributed by atoms with E-state index in [9.17, 15) is 4.79 Å². The smallest absolute Gasteiger partial charge is 0.147 e. The average Bonchev–Trinajstić information content (AvgIpc) is 3.47. The summed E-state index contributed by atoms with van der Waals surface area (Å²) in [5.74, 6) is 1.14. The second kappa shape index (κ2) is 6.92. The third kappa shape index (κ3) is 3.87. The van der Waals surface area contributed by atoms with E-state index in [2.05, 4.69) is 19.8 Å². The Balaban J connectivity index is 1.40. The summed E-state index contributed by atoms with van der Waals surface area (Å²) in [6.07, 6.45) is 6.96. The van der Waals surface area contributed by atoms with Gasteiger partial charge in [0, 0.05) is 44.2 Å². The first-order chi connectivity index (χ1) is 12.2. The minimum absolute atomic E-state index is 0.179. The predicted molar refractivity (Wildman–Crippen MR) is 98.7 cm³/mol. The minimum Gasteiger partial charge on any atom is -0.353 e. The molecule has 1 aromatic heterocycles. The van der Waals surface area contributed by atoms with E-state index in [4.69, 9.17) is 0 Å². The minimum atomic E-state index is 0.179. The van der Waals surface area contributed by atoms with E-state index < -0.39 is 0 Å². The van der Waals surface area contributed by atoms with Crippen LogP contribution in [0.5, 0.6) is 0 Å². The predicted octanol–water partition coefficient (Wildman–Crippen LogP) is 2.56. The van der Waals surface area contributed by atoms with Crippen molar-refractivity contribution in [3.05, 3.63) is 42.2 Å². The molecule has 0 bridgehead atoms. The van der Waals surface area contributed by atoms with Gasteiger partial charge in [0.15, 0.2) is 0 Å². The van der Waals surface area contributed by atoms with Crippen LogP contribution >= 0.6 is 0 Å². The Labute approximate surface area is 148 Å². The molecule has 1 saturated heterocycles. The van der Waals surface area contributed by atoms with Crippen molar-refractivity contribution in [2.75, 3.05) is 31.1 Å². The Morgan fingerprint density at radius 2 is 1.76 bits per heavy atom. The third-order valence-electron chi connectivity index (χ3n) is 5.04. The van der Waals surface area contributed by atoms with E-state index in [0.29, 0.717) is 6.42 Å². The number of piperazine rings is 1. The molecule has 5 nitrogen and oxygen atoms in total. The molecular weight excluding hydrogens is 312 g/mol.